The molecule has 0 radical (unpaired) electrons. The van der Waals surface area contributed by atoms with Crippen LogP contribution < -0.4 is 0 Å². The summed E-state index contributed by atoms with van der Waals surface area (Å²) in [5.41, 5.74) is 1.10. The first-order valence-corrected chi connectivity index (χ1v) is 8.18. The summed E-state index contributed by atoms with van der Waals surface area (Å²) in [6.45, 7) is -0.255. The summed E-state index contributed by atoms with van der Waals surface area (Å²) in [4.78, 5) is 13.4. The zero-order chi connectivity index (χ0) is 17.7. The molecule has 1 saturated carbocycles. The van der Waals surface area contributed by atoms with Crippen LogP contribution in [-0.2, 0) is 6.61 Å². The van der Waals surface area contributed by atoms with Crippen LogP contribution in [0.25, 0.3) is 11.2 Å². The van der Waals surface area contributed by atoms with Crippen molar-refractivity contribution < 1.29 is 15.3 Å². The maximum absolute atomic E-state index is 10.5. The summed E-state index contributed by atoms with van der Waals surface area (Å²) in [6, 6.07) is -1.10. The Bertz CT molecular complexity index is 930. The molecule has 1 aliphatic carbocycles. The van der Waals surface area contributed by atoms with Gasteiger partial charge in [-0.05, 0) is 18.0 Å². The quantitative estimate of drug-likeness (QED) is 0.427. The molecule has 0 aromatic carbocycles. The fourth-order valence-corrected chi connectivity index (χ4v) is 3.55. The first-order valence-electron chi connectivity index (χ1n) is 7.43. The van der Waals surface area contributed by atoms with Gasteiger partial charge in [0.15, 0.2) is 10.8 Å². The largest absolute Gasteiger partial charge is 0.390 e. The van der Waals surface area contributed by atoms with Crippen LogP contribution in [-0.4, -0.2) is 62.0 Å². The first-order chi connectivity index (χ1) is 12.0. The minimum atomic E-state index is -1.10. The number of rotatable bonds is 3. The van der Waals surface area contributed by atoms with E-state index < -0.39 is 24.3 Å². The summed E-state index contributed by atoms with van der Waals surface area (Å²) in [5.74, 6) is 0. The van der Waals surface area contributed by atoms with Crippen LogP contribution in [0.2, 0.25) is 10.4 Å². The first kappa shape index (κ1) is 16.6. The van der Waals surface area contributed by atoms with E-state index in [1.54, 1.807) is 4.57 Å². The van der Waals surface area contributed by atoms with Gasteiger partial charge in [-0.25, -0.2) is 9.97 Å². The Balaban J connectivity index is 1.72. The van der Waals surface area contributed by atoms with Crippen molar-refractivity contribution in [1.29, 1.82) is 0 Å². The summed E-state index contributed by atoms with van der Waals surface area (Å²) >= 11 is 11.9. The highest BCUT2D eigenvalue weighted by Gasteiger charge is 2.45. The maximum Gasteiger partial charge on any atom is 0.225 e. The van der Waals surface area contributed by atoms with Crippen molar-refractivity contribution in [3.63, 3.8) is 0 Å². The predicted octanol–water partition coefficient (Wildman–Crippen LogP) is 0.125. The topological polar surface area (TPSA) is 135 Å². The molecule has 1 aliphatic rings. The lowest BCUT2D eigenvalue weighted by molar-refractivity contribution is 0.00491. The van der Waals surface area contributed by atoms with Crippen molar-refractivity contribution >= 4 is 34.4 Å². The third-order valence-electron chi connectivity index (χ3n) is 4.34. The second-order valence-electron chi connectivity index (χ2n) is 5.77. The van der Waals surface area contributed by atoms with Crippen molar-refractivity contribution in [2.24, 2.45) is 0 Å². The van der Waals surface area contributed by atoms with Crippen molar-refractivity contribution in [2.75, 3.05) is 0 Å². The zero-order valence-corrected chi connectivity index (χ0v) is 14.1. The lowest BCUT2D eigenvalue weighted by atomic mass is 10.2. The van der Waals surface area contributed by atoms with Gasteiger partial charge < -0.3 is 19.9 Å². The van der Waals surface area contributed by atoms with Crippen LogP contribution in [0.4, 0.5) is 0 Å². The number of halogens is 2. The Hall–Kier alpha value is -1.85. The van der Waals surface area contributed by atoms with Gasteiger partial charge in [-0.1, -0.05) is 11.6 Å². The summed E-state index contributed by atoms with van der Waals surface area (Å²) in [5, 5.41) is 38.2. The van der Waals surface area contributed by atoms with Gasteiger partial charge in [0.1, 0.15) is 29.5 Å². The zero-order valence-electron chi connectivity index (χ0n) is 12.6. The molecule has 1 fully saturated rings. The van der Waals surface area contributed by atoms with Crippen LogP contribution in [0.15, 0.2) is 12.5 Å². The van der Waals surface area contributed by atoms with Crippen molar-refractivity contribution in [2.45, 2.75) is 37.3 Å². The highest BCUT2D eigenvalue weighted by molar-refractivity contribution is 6.35. The lowest BCUT2D eigenvalue weighted by Crippen LogP contribution is -2.31. The smallest absolute Gasteiger partial charge is 0.225 e. The van der Waals surface area contributed by atoms with Gasteiger partial charge in [-0.2, -0.15) is 20.0 Å². The molecular weight excluding hydrogens is 373 g/mol. The number of aromatic nitrogens is 7. The standard InChI is InChI=1S/C13H13Cl2N7O3/c14-11-8-12(19-13(15)18-11)21(4-16-8)6-1-7(10(25)9(6)24)22-17-2-5(3-23)20-22/h2,4,6-7,9-10,23-25H,1,3H2/t6-,7+,9+,10-/m1/s1. The molecule has 0 aliphatic heterocycles. The van der Waals surface area contributed by atoms with Crippen LogP contribution in [0.5, 0.6) is 0 Å². The van der Waals surface area contributed by atoms with E-state index in [1.807, 2.05) is 0 Å². The highest BCUT2D eigenvalue weighted by atomic mass is 35.5. The molecular formula is C13H13Cl2N7O3. The van der Waals surface area contributed by atoms with Gasteiger partial charge in [0, 0.05) is 0 Å². The van der Waals surface area contributed by atoms with Gasteiger partial charge >= 0.3 is 0 Å². The van der Waals surface area contributed by atoms with Crippen molar-refractivity contribution in [1.82, 2.24) is 34.5 Å². The van der Waals surface area contributed by atoms with Gasteiger partial charge in [0.2, 0.25) is 5.28 Å². The van der Waals surface area contributed by atoms with E-state index in [2.05, 4.69) is 25.1 Å². The van der Waals surface area contributed by atoms with Crippen LogP contribution in [0.1, 0.15) is 24.2 Å². The van der Waals surface area contributed by atoms with Crippen LogP contribution in [0, 0.1) is 0 Å². The molecule has 0 saturated heterocycles. The molecule has 0 amide bonds. The lowest BCUT2D eigenvalue weighted by Gasteiger charge is -2.18. The van der Waals surface area contributed by atoms with Crippen molar-refractivity contribution in [3.05, 3.63) is 28.7 Å². The molecule has 3 heterocycles. The summed E-state index contributed by atoms with van der Waals surface area (Å²) in [7, 11) is 0. The molecule has 0 unspecified atom stereocenters. The highest BCUT2D eigenvalue weighted by Crippen LogP contribution is 2.39. The average molecular weight is 386 g/mol. The maximum atomic E-state index is 10.5. The fourth-order valence-electron chi connectivity index (χ4n) is 3.13. The molecule has 4 rings (SSSR count). The average Bonchev–Trinajstić information content (AvgIpc) is 3.27. The minimum Gasteiger partial charge on any atom is -0.390 e. The molecule has 3 aromatic rings. The number of imidazole rings is 1. The van der Waals surface area contributed by atoms with E-state index in [4.69, 9.17) is 28.3 Å². The Morgan fingerprint density at radius 1 is 1.16 bits per heavy atom. The van der Waals surface area contributed by atoms with Gasteiger partial charge in [-0.3, -0.25) is 0 Å². The molecule has 4 atom stereocenters. The molecule has 3 N–H and O–H groups in total. The molecule has 0 spiro atoms. The summed E-state index contributed by atoms with van der Waals surface area (Å²) in [6.07, 6.45) is 1.01. The third-order valence-corrected chi connectivity index (χ3v) is 4.78. The summed E-state index contributed by atoms with van der Waals surface area (Å²) < 4.78 is 1.61. The van der Waals surface area contributed by atoms with Gasteiger partial charge in [0.25, 0.3) is 0 Å². The van der Waals surface area contributed by atoms with Crippen LogP contribution >= 0.6 is 23.2 Å². The fraction of sp³-hybridized carbons (Fsp3) is 0.462. The van der Waals surface area contributed by atoms with Crippen LogP contribution in [0.3, 0.4) is 0 Å². The van der Waals surface area contributed by atoms with E-state index in [9.17, 15) is 10.2 Å². The van der Waals surface area contributed by atoms with Gasteiger partial charge in [-0.15, -0.1) is 0 Å². The third kappa shape index (κ3) is 2.66. The predicted molar refractivity (Wildman–Crippen MR) is 86.0 cm³/mol. The number of hydrogen-bond donors (Lipinski definition) is 3. The van der Waals surface area contributed by atoms with E-state index in [-0.39, 0.29) is 17.0 Å². The normalized spacial score (nSPS) is 26.6. The molecule has 10 nitrogen and oxygen atoms in total. The number of nitrogens with zero attached hydrogens (tertiary/aromatic N) is 7. The molecule has 12 heteroatoms. The molecule has 132 valence electrons. The molecule has 3 aromatic heterocycles. The van der Waals surface area contributed by atoms with Gasteiger partial charge in [0.05, 0.1) is 25.2 Å². The Labute approximate surface area is 150 Å². The second-order valence-corrected chi connectivity index (χ2v) is 6.47. The van der Waals surface area contributed by atoms with Crippen molar-refractivity contribution in [3.8, 4) is 0 Å². The Kier molecular flexibility index (Phi) is 4.08. The molecule has 0 bridgehead atoms. The van der Waals surface area contributed by atoms with E-state index in [0.29, 0.717) is 23.3 Å². The minimum absolute atomic E-state index is 0.0369. The number of fused-ring (bicyclic) bond motifs is 1. The second kappa shape index (κ2) is 6.15. The number of hydrogen-bond acceptors (Lipinski definition) is 8. The van der Waals surface area contributed by atoms with E-state index in [0.717, 1.165) is 0 Å². The van der Waals surface area contributed by atoms with E-state index >= 15 is 0 Å². The SMILES string of the molecule is OCc1cnn([C@H]2C[C@@H](n3cnc4c(Cl)nc(Cl)nc43)[C@H](O)[C@@H]2O)n1. The number of aliphatic hydroxyl groups is 3. The molecule has 25 heavy (non-hydrogen) atoms. The number of aliphatic hydroxyl groups excluding tert-OH is 3. The Morgan fingerprint density at radius 2 is 1.92 bits per heavy atom. The van der Waals surface area contributed by atoms with E-state index in [1.165, 1.54) is 17.3 Å². The Morgan fingerprint density at radius 3 is 2.64 bits per heavy atom. The monoisotopic (exact) mass is 385 g/mol.